The molecule has 0 bridgehead atoms. The van der Waals surface area contributed by atoms with E-state index in [0.29, 0.717) is 13.2 Å². The summed E-state index contributed by atoms with van der Waals surface area (Å²) in [5, 5.41) is 2.78. The maximum absolute atomic E-state index is 11.7. The van der Waals surface area contributed by atoms with Gasteiger partial charge in [0.25, 0.3) is 0 Å². The smallest absolute Gasteiger partial charge is 0.244 e. The third-order valence-corrected chi connectivity index (χ3v) is 3.20. The predicted molar refractivity (Wildman–Crippen MR) is 91.7 cm³/mol. The van der Waals surface area contributed by atoms with Crippen molar-refractivity contribution in [3.8, 4) is 11.5 Å². The molecule has 0 aromatic heterocycles. The second-order valence-corrected chi connectivity index (χ2v) is 5.06. The molecule has 0 radical (unpaired) electrons. The number of methoxy groups -OCH3 is 1. The van der Waals surface area contributed by atoms with Gasteiger partial charge in [0.1, 0.15) is 18.1 Å². The van der Waals surface area contributed by atoms with Crippen LogP contribution < -0.4 is 14.8 Å². The van der Waals surface area contributed by atoms with Gasteiger partial charge >= 0.3 is 0 Å². The van der Waals surface area contributed by atoms with Gasteiger partial charge in [-0.1, -0.05) is 29.8 Å². The zero-order chi connectivity index (χ0) is 16.5. The molecule has 0 heterocycles. The molecule has 2 rings (SSSR count). The SMILES string of the molecule is COc1ccc(OCCNC(=O)/C=C/c2cccc(C)c2)cc1. The first-order valence-electron chi connectivity index (χ1n) is 7.47. The topological polar surface area (TPSA) is 47.6 Å². The molecule has 120 valence electrons. The van der Waals surface area contributed by atoms with Crippen molar-refractivity contribution in [3.63, 3.8) is 0 Å². The molecular weight excluding hydrogens is 290 g/mol. The van der Waals surface area contributed by atoms with E-state index in [-0.39, 0.29) is 5.91 Å². The Morgan fingerprint density at radius 2 is 1.87 bits per heavy atom. The molecule has 4 heteroatoms. The molecule has 1 N–H and O–H groups in total. The van der Waals surface area contributed by atoms with Crippen molar-refractivity contribution in [1.29, 1.82) is 0 Å². The molecular formula is C19H21NO3. The van der Waals surface area contributed by atoms with Crippen LogP contribution in [0.5, 0.6) is 11.5 Å². The van der Waals surface area contributed by atoms with Gasteiger partial charge in [0.2, 0.25) is 5.91 Å². The van der Waals surface area contributed by atoms with E-state index in [1.54, 1.807) is 13.2 Å². The van der Waals surface area contributed by atoms with E-state index in [1.165, 1.54) is 11.6 Å². The van der Waals surface area contributed by atoms with Crippen LogP contribution in [0, 0.1) is 6.92 Å². The fourth-order valence-corrected chi connectivity index (χ4v) is 2.02. The zero-order valence-corrected chi connectivity index (χ0v) is 13.4. The number of ether oxygens (including phenoxy) is 2. The van der Waals surface area contributed by atoms with Crippen LogP contribution in [0.25, 0.3) is 6.08 Å². The first-order chi connectivity index (χ1) is 11.2. The third kappa shape index (κ3) is 5.87. The fourth-order valence-electron chi connectivity index (χ4n) is 2.02. The highest BCUT2D eigenvalue weighted by atomic mass is 16.5. The van der Waals surface area contributed by atoms with Crippen molar-refractivity contribution in [3.05, 3.63) is 65.7 Å². The number of hydrogen-bond donors (Lipinski definition) is 1. The summed E-state index contributed by atoms with van der Waals surface area (Å²) in [5.41, 5.74) is 2.18. The molecule has 0 saturated heterocycles. The highest BCUT2D eigenvalue weighted by Gasteiger charge is 1.97. The molecule has 0 atom stereocenters. The van der Waals surface area contributed by atoms with Gasteiger partial charge in [0.05, 0.1) is 13.7 Å². The maximum Gasteiger partial charge on any atom is 0.244 e. The molecule has 0 saturated carbocycles. The summed E-state index contributed by atoms with van der Waals surface area (Å²) < 4.78 is 10.6. The number of hydrogen-bond acceptors (Lipinski definition) is 3. The lowest BCUT2D eigenvalue weighted by atomic mass is 10.1. The largest absolute Gasteiger partial charge is 0.497 e. The lowest BCUT2D eigenvalue weighted by Gasteiger charge is -2.07. The molecule has 0 aliphatic rings. The van der Waals surface area contributed by atoms with E-state index in [0.717, 1.165) is 17.1 Å². The van der Waals surface area contributed by atoms with E-state index >= 15 is 0 Å². The fraction of sp³-hybridized carbons (Fsp3) is 0.211. The van der Waals surface area contributed by atoms with Crippen LogP contribution in [-0.2, 0) is 4.79 Å². The Bertz CT molecular complexity index is 663. The number of amides is 1. The molecule has 0 unspecified atom stereocenters. The average Bonchev–Trinajstić information content (AvgIpc) is 2.57. The Morgan fingerprint density at radius 3 is 2.57 bits per heavy atom. The molecule has 2 aromatic rings. The number of carbonyl (C=O) groups is 1. The van der Waals surface area contributed by atoms with Crippen molar-refractivity contribution in [2.24, 2.45) is 0 Å². The van der Waals surface area contributed by atoms with E-state index in [4.69, 9.17) is 9.47 Å². The van der Waals surface area contributed by atoms with Crippen molar-refractivity contribution in [2.45, 2.75) is 6.92 Å². The van der Waals surface area contributed by atoms with Crippen molar-refractivity contribution < 1.29 is 14.3 Å². The molecule has 0 spiro atoms. The van der Waals surface area contributed by atoms with Crippen LogP contribution in [-0.4, -0.2) is 26.2 Å². The highest BCUT2D eigenvalue weighted by molar-refractivity contribution is 5.91. The number of rotatable bonds is 7. The number of aryl methyl sites for hydroxylation is 1. The summed E-state index contributed by atoms with van der Waals surface area (Å²) in [7, 11) is 1.62. The molecule has 0 aliphatic heterocycles. The quantitative estimate of drug-likeness (QED) is 0.631. The first kappa shape index (κ1) is 16.6. The van der Waals surface area contributed by atoms with Gasteiger partial charge in [-0.3, -0.25) is 4.79 Å². The van der Waals surface area contributed by atoms with Crippen molar-refractivity contribution in [1.82, 2.24) is 5.32 Å². The van der Waals surface area contributed by atoms with Gasteiger partial charge in [-0.05, 0) is 42.8 Å². The second-order valence-electron chi connectivity index (χ2n) is 5.06. The summed E-state index contributed by atoms with van der Waals surface area (Å²) in [6.45, 7) is 2.88. The van der Waals surface area contributed by atoms with Crippen molar-refractivity contribution in [2.75, 3.05) is 20.3 Å². The van der Waals surface area contributed by atoms with E-state index < -0.39 is 0 Å². The molecule has 0 aliphatic carbocycles. The van der Waals surface area contributed by atoms with Gasteiger partial charge in [-0.25, -0.2) is 0 Å². The Morgan fingerprint density at radius 1 is 1.13 bits per heavy atom. The summed E-state index contributed by atoms with van der Waals surface area (Å²) in [6, 6.07) is 15.3. The minimum atomic E-state index is -0.134. The number of carbonyl (C=O) groups excluding carboxylic acids is 1. The van der Waals surface area contributed by atoms with Crippen LogP contribution in [0.15, 0.2) is 54.6 Å². The van der Waals surface area contributed by atoms with E-state index in [1.807, 2.05) is 55.5 Å². The Kier molecular flexibility index (Phi) is 6.24. The highest BCUT2D eigenvalue weighted by Crippen LogP contribution is 2.16. The van der Waals surface area contributed by atoms with Crippen LogP contribution in [0.1, 0.15) is 11.1 Å². The number of nitrogens with one attached hydrogen (secondary N) is 1. The minimum absolute atomic E-state index is 0.134. The standard InChI is InChI=1S/C19H21NO3/c1-15-4-3-5-16(14-15)6-11-19(21)20-12-13-23-18-9-7-17(22-2)8-10-18/h3-11,14H,12-13H2,1-2H3,(H,20,21)/b11-6+. The molecule has 2 aromatic carbocycles. The molecule has 1 amide bonds. The van der Waals surface area contributed by atoms with Gasteiger partial charge in [0.15, 0.2) is 0 Å². The summed E-state index contributed by atoms with van der Waals surface area (Å²) >= 11 is 0. The van der Waals surface area contributed by atoms with Gasteiger partial charge in [0, 0.05) is 6.08 Å². The van der Waals surface area contributed by atoms with Crippen LogP contribution in [0.3, 0.4) is 0 Å². The van der Waals surface area contributed by atoms with E-state index in [2.05, 4.69) is 5.32 Å². The van der Waals surface area contributed by atoms with Gasteiger partial charge < -0.3 is 14.8 Å². The summed E-state index contributed by atoms with van der Waals surface area (Å²) in [4.78, 5) is 11.7. The first-order valence-corrected chi connectivity index (χ1v) is 7.47. The molecule has 4 nitrogen and oxygen atoms in total. The number of benzene rings is 2. The molecule has 0 fully saturated rings. The van der Waals surface area contributed by atoms with Crippen LogP contribution in [0.4, 0.5) is 0 Å². The predicted octanol–water partition coefficient (Wildman–Crippen LogP) is 3.21. The summed E-state index contributed by atoms with van der Waals surface area (Å²) in [5.74, 6) is 1.40. The lowest BCUT2D eigenvalue weighted by molar-refractivity contribution is -0.116. The second kappa shape index (κ2) is 8.63. The summed E-state index contributed by atoms with van der Waals surface area (Å²) in [6.07, 6.45) is 3.33. The normalized spacial score (nSPS) is 10.5. The molecule has 23 heavy (non-hydrogen) atoms. The van der Waals surface area contributed by atoms with Crippen LogP contribution >= 0.6 is 0 Å². The van der Waals surface area contributed by atoms with Gasteiger partial charge in [-0.2, -0.15) is 0 Å². The Balaban J connectivity index is 1.70. The minimum Gasteiger partial charge on any atom is -0.497 e. The van der Waals surface area contributed by atoms with E-state index in [9.17, 15) is 4.79 Å². The lowest BCUT2D eigenvalue weighted by Crippen LogP contribution is -2.26. The average molecular weight is 311 g/mol. The third-order valence-electron chi connectivity index (χ3n) is 3.20. The zero-order valence-electron chi connectivity index (χ0n) is 13.4. The van der Waals surface area contributed by atoms with Crippen LogP contribution in [0.2, 0.25) is 0 Å². The van der Waals surface area contributed by atoms with Gasteiger partial charge in [-0.15, -0.1) is 0 Å². The Hall–Kier alpha value is -2.75. The Labute approximate surface area is 136 Å². The monoisotopic (exact) mass is 311 g/mol. The van der Waals surface area contributed by atoms with Crippen molar-refractivity contribution >= 4 is 12.0 Å². The maximum atomic E-state index is 11.7.